The number of amides is 2. The highest BCUT2D eigenvalue weighted by Gasteiger charge is 2.20. The van der Waals surface area contributed by atoms with Crippen molar-refractivity contribution in [1.82, 2.24) is 9.88 Å². The van der Waals surface area contributed by atoms with Crippen LogP contribution in [0.3, 0.4) is 0 Å². The zero-order chi connectivity index (χ0) is 15.5. The van der Waals surface area contributed by atoms with Crippen molar-refractivity contribution in [3.05, 3.63) is 11.1 Å². The van der Waals surface area contributed by atoms with Crippen molar-refractivity contribution in [3.8, 4) is 0 Å². The predicted octanol–water partition coefficient (Wildman–Crippen LogP) is 2.62. The third-order valence-corrected chi connectivity index (χ3v) is 4.11. The van der Waals surface area contributed by atoms with Crippen molar-refractivity contribution < 1.29 is 14.7 Å². The quantitative estimate of drug-likeness (QED) is 0.895. The summed E-state index contributed by atoms with van der Waals surface area (Å²) in [7, 11) is 1.56. The molecule has 112 valence electrons. The molecule has 1 heterocycles. The number of nitrogens with zero attached hydrogens (tertiary/aromatic N) is 2. The first-order valence-electron chi connectivity index (χ1n) is 6.32. The normalized spacial score (nSPS) is 12.8. The summed E-state index contributed by atoms with van der Waals surface area (Å²) >= 11 is 1.42. The van der Waals surface area contributed by atoms with Crippen LogP contribution in [0.2, 0.25) is 0 Å². The third-order valence-electron chi connectivity index (χ3n) is 2.77. The average molecular weight is 299 g/mol. The van der Waals surface area contributed by atoms with Gasteiger partial charge in [0, 0.05) is 24.7 Å². The van der Waals surface area contributed by atoms with E-state index in [1.165, 1.54) is 16.2 Å². The van der Waals surface area contributed by atoms with Crippen LogP contribution in [0.25, 0.3) is 0 Å². The minimum atomic E-state index is -0.922. The Hall–Kier alpha value is -1.63. The number of aliphatic carboxylic acids is 1. The number of carboxylic acids is 1. The lowest BCUT2D eigenvalue weighted by atomic mass is 9.96. The predicted molar refractivity (Wildman–Crippen MR) is 79.3 cm³/mol. The monoisotopic (exact) mass is 299 g/mol. The van der Waals surface area contributed by atoms with Gasteiger partial charge >= 0.3 is 12.0 Å². The van der Waals surface area contributed by atoms with Crippen molar-refractivity contribution in [2.24, 2.45) is 5.92 Å². The van der Waals surface area contributed by atoms with E-state index in [1.54, 1.807) is 20.2 Å². The minimum absolute atomic E-state index is 0.00956. The van der Waals surface area contributed by atoms with Crippen LogP contribution in [0.1, 0.15) is 32.6 Å². The lowest BCUT2D eigenvalue weighted by molar-refractivity contribution is -0.141. The molecule has 0 saturated heterocycles. The van der Waals surface area contributed by atoms with E-state index in [9.17, 15) is 9.59 Å². The smallest absolute Gasteiger partial charge is 0.323 e. The van der Waals surface area contributed by atoms with Gasteiger partial charge in [-0.25, -0.2) is 9.78 Å². The van der Waals surface area contributed by atoms with Gasteiger partial charge in [0.1, 0.15) is 0 Å². The number of carbonyl (C=O) groups excluding carboxylic acids is 1. The van der Waals surface area contributed by atoms with Gasteiger partial charge in [0.2, 0.25) is 0 Å². The Bertz CT molecular complexity index is 493. The molecule has 0 aliphatic carbocycles. The molecule has 0 aliphatic rings. The van der Waals surface area contributed by atoms with E-state index in [0.29, 0.717) is 5.13 Å². The summed E-state index contributed by atoms with van der Waals surface area (Å²) in [6.07, 6.45) is 1.75. The number of carboxylic acid groups (broad SMARTS) is 1. The first-order valence-corrected chi connectivity index (χ1v) is 7.14. The van der Waals surface area contributed by atoms with E-state index < -0.39 is 11.9 Å². The minimum Gasteiger partial charge on any atom is -0.481 e. The van der Waals surface area contributed by atoms with Gasteiger partial charge in [-0.1, -0.05) is 27.7 Å². The summed E-state index contributed by atoms with van der Waals surface area (Å²) in [5, 5.41) is 12.0. The Morgan fingerprint density at radius 3 is 2.55 bits per heavy atom. The van der Waals surface area contributed by atoms with E-state index in [1.807, 2.05) is 0 Å². The summed E-state index contributed by atoms with van der Waals surface area (Å²) in [4.78, 5) is 29.3. The Labute approximate surface area is 122 Å². The molecule has 1 atom stereocenters. The number of rotatable bonds is 4. The van der Waals surface area contributed by atoms with Crippen LogP contribution < -0.4 is 5.32 Å². The Morgan fingerprint density at radius 2 is 2.10 bits per heavy atom. The first kappa shape index (κ1) is 16.4. The third kappa shape index (κ3) is 4.48. The highest BCUT2D eigenvalue weighted by atomic mass is 32.1. The molecule has 0 spiro atoms. The van der Waals surface area contributed by atoms with E-state index >= 15 is 0 Å². The van der Waals surface area contributed by atoms with Crippen LogP contribution in [-0.2, 0) is 10.2 Å². The van der Waals surface area contributed by atoms with Gasteiger partial charge in [-0.05, 0) is 5.41 Å². The molecule has 20 heavy (non-hydrogen) atoms. The van der Waals surface area contributed by atoms with Crippen molar-refractivity contribution in [2.75, 3.05) is 18.9 Å². The van der Waals surface area contributed by atoms with Gasteiger partial charge in [0.15, 0.2) is 5.13 Å². The second-order valence-corrected chi connectivity index (χ2v) is 6.86. The van der Waals surface area contributed by atoms with Gasteiger partial charge in [0.05, 0.1) is 5.92 Å². The fraction of sp³-hybridized carbons (Fsp3) is 0.615. The summed E-state index contributed by atoms with van der Waals surface area (Å²) in [6.45, 7) is 7.94. The van der Waals surface area contributed by atoms with E-state index in [4.69, 9.17) is 5.11 Å². The number of nitrogens with one attached hydrogen (secondary N) is 1. The topological polar surface area (TPSA) is 82.5 Å². The second kappa shape index (κ2) is 6.21. The van der Waals surface area contributed by atoms with E-state index in [2.05, 4.69) is 31.1 Å². The van der Waals surface area contributed by atoms with Crippen LogP contribution in [0.4, 0.5) is 9.93 Å². The Morgan fingerprint density at radius 1 is 1.50 bits per heavy atom. The molecule has 1 rings (SSSR count). The molecular weight excluding hydrogens is 278 g/mol. The zero-order valence-electron chi connectivity index (χ0n) is 12.4. The molecule has 1 aromatic rings. The fourth-order valence-electron chi connectivity index (χ4n) is 1.44. The molecule has 0 radical (unpaired) electrons. The second-order valence-electron chi connectivity index (χ2n) is 5.83. The van der Waals surface area contributed by atoms with Gasteiger partial charge in [-0.2, -0.15) is 0 Å². The van der Waals surface area contributed by atoms with E-state index in [0.717, 1.165) is 4.88 Å². The molecule has 2 amide bonds. The van der Waals surface area contributed by atoms with Gasteiger partial charge < -0.3 is 10.0 Å². The molecule has 0 aliphatic heterocycles. The maximum absolute atomic E-state index is 11.9. The number of hydrogen-bond donors (Lipinski definition) is 2. The highest BCUT2D eigenvalue weighted by Crippen LogP contribution is 2.30. The van der Waals surface area contributed by atoms with E-state index in [-0.39, 0.29) is 18.0 Å². The molecule has 0 aromatic carbocycles. The number of carbonyl (C=O) groups is 2. The van der Waals surface area contributed by atoms with Crippen molar-refractivity contribution in [1.29, 1.82) is 0 Å². The van der Waals surface area contributed by atoms with Crippen LogP contribution in [0.15, 0.2) is 6.20 Å². The lowest BCUT2D eigenvalue weighted by Crippen LogP contribution is -2.36. The molecular formula is C13H21N3O3S. The SMILES string of the molecule is CC(CN(C)C(=O)Nc1ncc(C(C)(C)C)s1)C(=O)O. The number of anilines is 1. The fourth-order valence-corrected chi connectivity index (χ4v) is 2.30. The summed E-state index contributed by atoms with van der Waals surface area (Å²) < 4.78 is 0. The highest BCUT2D eigenvalue weighted by molar-refractivity contribution is 7.15. The van der Waals surface area contributed by atoms with Gasteiger partial charge in [0.25, 0.3) is 0 Å². The van der Waals surface area contributed by atoms with Crippen LogP contribution >= 0.6 is 11.3 Å². The maximum Gasteiger partial charge on any atom is 0.323 e. The number of thiazole rings is 1. The van der Waals surface area contributed by atoms with Gasteiger partial charge in [-0.3, -0.25) is 10.1 Å². The standard InChI is InChI=1S/C13H21N3O3S/c1-8(10(17)18)7-16(5)12(19)15-11-14-6-9(20-11)13(2,3)4/h6,8H,7H2,1-5H3,(H,17,18)(H,14,15,19). The number of aromatic nitrogens is 1. The Balaban J connectivity index is 2.62. The number of hydrogen-bond acceptors (Lipinski definition) is 4. The molecule has 7 heteroatoms. The van der Waals surface area contributed by atoms with Gasteiger partial charge in [-0.15, -0.1) is 11.3 Å². The summed E-state index contributed by atoms with van der Waals surface area (Å²) in [6, 6.07) is -0.354. The number of urea groups is 1. The molecule has 0 saturated carbocycles. The molecule has 2 N–H and O–H groups in total. The first-order chi connectivity index (χ1) is 9.11. The maximum atomic E-state index is 11.9. The Kier molecular flexibility index (Phi) is 5.10. The van der Waals surface area contributed by atoms with Crippen molar-refractivity contribution >= 4 is 28.5 Å². The summed E-state index contributed by atoms with van der Waals surface area (Å²) in [5.74, 6) is -1.53. The molecule has 0 bridgehead atoms. The summed E-state index contributed by atoms with van der Waals surface area (Å²) in [5.41, 5.74) is -0.00956. The molecule has 6 nitrogen and oxygen atoms in total. The van der Waals surface area contributed by atoms with Crippen LogP contribution in [0, 0.1) is 5.92 Å². The largest absolute Gasteiger partial charge is 0.481 e. The van der Waals surface area contributed by atoms with Crippen molar-refractivity contribution in [3.63, 3.8) is 0 Å². The molecule has 1 unspecified atom stereocenters. The zero-order valence-corrected chi connectivity index (χ0v) is 13.2. The average Bonchev–Trinajstić information content (AvgIpc) is 2.76. The van der Waals surface area contributed by atoms with Crippen LogP contribution in [-0.4, -0.2) is 40.6 Å². The lowest BCUT2D eigenvalue weighted by Gasteiger charge is -2.19. The molecule has 0 fully saturated rings. The van der Waals surface area contributed by atoms with Crippen molar-refractivity contribution in [2.45, 2.75) is 33.1 Å². The van der Waals surface area contributed by atoms with Crippen LogP contribution in [0.5, 0.6) is 0 Å². The molecule has 1 aromatic heterocycles.